The third-order valence-electron chi connectivity index (χ3n) is 3.94. The molecule has 0 aliphatic heterocycles. The molecule has 4 rings (SSSR count). The van der Waals surface area contributed by atoms with E-state index in [9.17, 15) is 0 Å². The van der Waals surface area contributed by atoms with Gasteiger partial charge in [-0.1, -0.05) is 42.5 Å². The van der Waals surface area contributed by atoms with E-state index in [1.54, 1.807) is 7.11 Å². The summed E-state index contributed by atoms with van der Waals surface area (Å²) in [5.41, 5.74) is 5.36. The molecule has 2 heterocycles. The molecule has 0 unspecified atom stereocenters. The normalized spacial score (nSPS) is 10.8. The minimum absolute atomic E-state index is 0.865. The Hall–Kier alpha value is -3.07. The molecular formula is C20H16N2O. The molecule has 0 spiro atoms. The highest BCUT2D eigenvalue weighted by molar-refractivity contribution is 5.68. The summed E-state index contributed by atoms with van der Waals surface area (Å²) < 4.78 is 7.28. The van der Waals surface area contributed by atoms with Crippen molar-refractivity contribution in [2.45, 2.75) is 0 Å². The van der Waals surface area contributed by atoms with Crippen LogP contribution in [-0.2, 0) is 0 Å². The summed E-state index contributed by atoms with van der Waals surface area (Å²) in [7, 11) is 1.68. The van der Waals surface area contributed by atoms with Crippen molar-refractivity contribution in [1.82, 2.24) is 9.38 Å². The number of rotatable bonds is 3. The number of benzene rings is 2. The highest BCUT2D eigenvalue weighted by atomic mass is 16.5. The Bertz CT molecular complexity index is 940. The van der Waals surface area contributed by atoms with E-state index in [1.165, 1.54) is 0 Å². The van der Waals surface area contributed by atoms with Gasteiger partial charge in [0.15, 0.2) is 0 Å². The zero-order chi connectivity index (χ0) is 15.6. The van der Waals surface area contributed by atoms with Crippen molar-refractivity contribution in [2.24, 2.45) is 0 Å². The zero-order valence-corrected chi connectivity index (χ0v) is 12.8. The van der Waals surface area contributed by atoms with Crippen molar-refractivity contribution in [3.63, 3.8) is 0 Å². The van der Waals surface area contributed by atoms with Gasteiger partial charge in [0.05, 0.1) is 12.8 Å². The summed E-state index contributed by atoms with van der Waals surface area (Å²) in [5.74, 6) is 0.865. The lowest BCUT2D eigenvalue weighted by Gasteiger charge is -2.04. The van der Waals surface area contributed by atoms with Crippen molar-refractivity contribution in [3.05, 3.63) is 79.1 Å². The van der Waals surface area contributed by atoms with Crippen LogP contribution in [0.4, 0.5) is 0 Å². The van der Waals surface area contributed by atoms with Crippen LogP contribution in [0.15, 0.2) is 79.1 Å². The Morgan fingerprint density at radius 1 is 0.739 bits per heavy atom. The lowest BCUT2D eigenvalue weighted by molar-refractivity contribution is 0.415. The molecule has 23 heavy (non-hydrogen) atoms. The molecule has 0 N–H and O–H groups in total. The van der Waals surface area contributed by atoms with Crippen LogP contribution in [0, 0.1) is 0 Å². The third kappa shape index (κ3) is 2.57. The van der Waals surface area contributed by atoms with E-state index in [-0.39, 0.29) is 0 Å². The number of hydrogen-bond donors (Lipinski definition) is 0. The summed E-state index contributed by atoms with van der Waals surface area (Å²) in [6.07, 6.45) is 4.17. The lowest BCUT2D eigenvalue weighted by Crippen LogP contribution is -1.86. The highest BCUT2D eigenvalue weighted by Gasteiger charge is 2.05. The molecule has 3 nitrogen and oxygen atoms in total. The van der Waals surface area contributed by atoms with Crippen LogP contribution in [-0.4, -0.2) is 16.5 Å². The molecule has 0 atom stereocenters. The Labute approximate surface area is 134 Å². The molecule has 0 saturated carbocycles. The number of hydrogen-bond acceptors (Lipinski definition) is 2. The first-order valence-electron chi connectivity index (χ1n) is 7.52. The SMILES string of the molecule is COc1ccc(-c2ccc3nc(-c4ccccc4)cn3c2)cc1. The molecule has 2 aromatic carbocycles. The molecule has 4 aromatic rings. The predicted molar refractivity (Wildman–Crippen MR) is 92.6 cm³/mol. The number of ether oxygens (including phenoxy) is 1. The number of nitrogens with zero attached hydrogens (tertiary/aromatic N) is 2. The lowest BCUT2D eigenvalue weighted by atomic mass is 10.1. The summed E-state index contributed by atoms with van der Waals surface area (Å²) in [5, 5.41) is 0. The minimum Gasteiger partial charge on any atom is -0.497 e. The van der Waals surface area contributed by atoms with E-state index < -0.39 is 0 Å². The van der Waals surface area contributed by atoms with Crippen molar-refractivity contribution >= 4 is 5.65 Å². The number of fused-ring (bicyclic) bond motifs is 1. The Balaban J connectivity index is 1.75. The van der Waals surface area contributed by atoms with Gasteiger partial charge >= 0.3 is 0 Å². The van der Waals surface area contributed by atoms with Crippen LogP contribution in [0.3, 0.4) is 0 Å². The number of aromatic nitrogens is 2. The van der Waals surface area contributed by atoms with E-state index in [1.807, 2.05) is 36.4 Å². The molecule has 112 valence electrons. The summed E-state index contributed by atoms with van der Waals surface area (Å²) in [4.78, 5) is 4.69. The fraction of sp³-hybridized carbons (Fsp3) is 0.0500. The van der Waals surface area contributed by atoms with E-state index in [2.05, 4.69) is 52.1 Å². The molecule has 0 saturated heterocycles. The fourth-order valence-electron chi connectivity index (χ4n) is 2.69. The number of imidazole rings is 1. The molecule has 0 amide bonds. The van der Waals surface area contributed by atoms with Gasteiger partial charge in [0, 0.05) is 18.0 Å². The quantitative estimate of drug-likeness (QED) is 0.549. The van der Waals surface area contributed by atoms with Gasteiger partial charge < -0.3 is 9.14 Å². The standard InChI is InChI=1S/C20H16N2O/c1-23-18-10-7-15(8-11-18)17-9-12-20-21-19(14-22(20)13-17)16-5-3-2-4-6-16/h2-14H,1H3. The average Bonchev–Trinajstić information content (AvgIpc) is 3.06. The maximum Gasteiger partial charge on any atom is 0.137 e. The molecule has 0 aliphatic carbocycles. The first-order chi connectivity index (χ1) is 11.3. The van der Waals surface area contributed by atoms with Crippen molar-refractivity contribution in [1.29, 1.82) is 0 Å². The minimum atomic E-state index is 0.865. The molecule has 3 heteroatoms. The van der Waals surface area contributed by atoms with Gasteiger partial charge in [-0.05, 0) is 35.4 Å². The molecular weight excluding hydrogens is 284 g/mol. The van der Waals surface area contributed by atoms with Gasteiger partial charge in [-0.25, -0.2) is 4.98 Å². The fourth-order valence-corrected chi connectivity index (χ4v) is 2.69. The van der Waals surface area contributed by atoms with Crippen molar-refractivity contribution < 1.29 is 4.74 Å². The van der Waals surface area contributed by atoms with Gasteiger partial charge in [-0.15, -0.1) is 0 Å². The summed E-state index contributed by atoms with van der Waals surface area (Å²) >= 11 is 0. The number of pyridine rings is 1. The summed E-state index contributed by atoms with van der Waals surface area (Å²) in [6.45, 7) is 0. The first-order valence-corrected chi connectivity index (χ1v) is 7.52. The van der Waals surface area contributed by atoms with Crippen LogP contribution in [0.1, 0.15) is 0 Å². The highest BCUT2D eigenvalue weighted by Crippen LogP contribution is 2.24. The maximum atomic E-state index is 5.21. The van der Waals surface area contributed by atoms with Crippen LogP contribution in [0.25, 0.3) is 28.0 Å². The van der Waals surface area contributed by atoms with Gasteiger partial charge in [-0.3, -0.25) is 0 Å². The van der Waals surface area contributed by atoms with Crippen molar-refractivity contribution in [3.8, 4) is 28.1 Å². The van der Waals surface area contributed by atoms with Gasteiger partial charge in [-0.2, -0.15) is 0 Å². The van der Waals surface area contributed by atoms with Crippen LogP contribution < -0.4 is 4.74 Å². The van der Waals surface area contributed by atoms with E-state index in [0.717, 1.165) is 33.8 Å². The smallest absolute Gasteiger partial charge is 0.137 e. The van der Waals surface area contributed by atoms with Gasteiger partial charge in [0.2, 0.25) is 0 Å². The average molecular weight is 300 g/mol. The van der Waals surface area contributed by atoms with E-state index in [0.29, 0.717) is 0 Å². The van der Waals surface area contributed by atoms with E-state index in [4.69, 9.17) is 4.74 Å². The largest absolute Gasteiger partial charge is 0.497 e. The molecule has 0 aliphatic rings. The van der Waals surface area contributed by atoms with Crippen LogP contribution in [0.2, 0.25) is 0 Å². The second-order valence-corrected chi connectivity index (χ2v) is 5.40. The topological polar surface area (TPSA) is 26.5 Å². The Kier molecular flexibility index (Phi) is 3.31. The van der Waals surface area contributed by atoms with Crippen LogP contribution in [0.5, 0.6) is 5.75 Å². The molecule has 2 aromatic heterocycles. The van der Waals surface area contributed by atoms with E-state index >= 15 is 0 Å². The van der Waals surface area contributed by atoms with Gasteiger partial charge in [0.25, 0.3) is 0 Å². The molecule has 0 bridgehead atoms. The number of methoxy groups -OCH3 is 1. The maximum absolute atomic E-state index is 5.21. The monoisotopic (exact) mass is 300 g/mol. The molecule has 0 fully saturated rings. The first kappa shape index (κ1) is 13.6. The van der Waals surface area contributed by atoms with Crippen molar-refractivity contribution in [2.75, 3.05) is 7.11 Å². The van der Waals surface area contributed by atoms with Gasteiger partial charge in [0.1, 0.15) is 11.4 Å². The zero-order valence-electron chi connectivity index (χ0n) is 12.8. The van der Waals surface area contributed by atoms with Crippen LogP contribution >= 0.6 is 0 Å². The summed E-state index contributed by atoms with van der Waals surface area (Å²) in [6, 6.07) is 22.4. The second kappa shape index (κ2) is 5.61. The Morgan fingerprint density at radius 2 is 1.48 bits per heavy atom. The predicted octanol–water partition coefficient (Wildman–Crippen LogP) is 4.68. The third-order valence-corrected chi connectivity index (χ3v) is 3.94. The second-order valence-electron chi connectivity index (χ2n) is 5.40. The molecule has 0 radical (unpaired) electrons. The Morgan fingerprint density at radius 3 is 2.22 bits per heavy atom.